The molecule has 0 saturated carbocycles. The predicted molar refractivity (Wildman–Crippen MR) is 235 cm³/mol. The van der Waals surface area contributed by atoms with Gasteiger partial charge >= 0.3 is 0 Å². The number of nitrogens with zero attached hydrogens (tertiary/aromatic N) is 5. The van der Waals surface area contributed by atoms with Crippen molar-refractivity contribution >= 4 is 0 Å². The maximum absolute atomic E-state index is 5.06. The smallest absolute Gasteiger partial charge is 0.0589 e. The molecule has 0 bridgehead atoms. The number of piperidine rings is 2. The van der Waals surface area contributed by atoms with Crippen molar-refractivity contribution in [2.24, 2.45) is 5.92 Å². The summed E-state index contributed by atoms with van der Waals surface area (Å²) in [7, 11) is 10.5. The minimum Gasteiger partial charge on any atom is -0.385 e. The predicted octanol–water partition coefficient (Wildman–Crippen LogP) is 6.74. The molecule has 0 spiro atoms. The number of likely N-dealkylation sites (tertiary alicyclic amines) is 3. The van der Waals surface area contributed by atoms with Crippen molar-refractivity contribution in [1.82, 2.24) is 24.5 Å². The van der Waals surface area contributed by atoms with Gasteiger partial charge in [0.15, 0.2) is 0 Å². The molecule has 4 aliphatic heterocycles. The van der Waals surface area contributed by atoms with Crippen LogP contribution >= 0.6 is 0 Å². The minimum absolute atomic E-state index is 0.699. The molecule has 0 aromatic heterocycles. The van der Waals surface area contributed by atoms with Crippen LogP contribution in [0.4, 0.5) is 0 Å². The van der Waals surface area contributed by atoms with Gasteiger partial charge in [0.05, 0.1) is 26.4 Å². The number of ether oxygens (including phenoxy) is 6. The zero-order chi connectivity index (χ0) is 41.2. The summed E-state index contributed by atoms with van der Waals surface area (Å²) in [5, 5.41) is 0. The molecule has 4 aliphatic rings. The summed E-state index contributed by atoms with van der Waals surface area (Å²) in [6.45, 7) is 33.4. The van der Waals surface area contributed by atoms with Crippen molar-refractivity contribution in [1.29, 1.82) is 0 Å². The first-order chi connectivity index (χ1) is 26.7. The largest absolute Gasteiger partial charge is 0.385 e. The molecule has 55 heavy (non-hydrogen) atoms. The lowest BCUT2D eigenvalue weighted by Gasteiger charge is -2.36. The second-order valence-electron chi connectivity index (χ2n) is 15.8. The lowest BCUT2D eigenvalue weighted by molar-refractivity contribution is 0.0828. The Morgan fingerprint density at radius 2 is 0.691 bits per heavy atom. The van der Waals surface area contributed by atoms with Gasteiger partial charge < -0.3 is 43.1 Å². The molecule has 0 aromatic carbocycles. The summed E-state index contributed by atoms with van der Waals surface area (Å²) in [6.07, 6.45) is 14.7. The molecule has 4 heterocycles. The SMILES string of the molecule is CCCOC.COCCCC(C)C.COCCN1CCCC1.COCCN1CCCCC1.COCCN1CCCCC1.COCCN1CCN(C(C)C)CC1. The van der Waals surface area contributed by atoms with Gasteiger partial charge in [0, 0.05) is 114 Å². The standard InChI is InChI=1S/C10H22N2O.2C8H17NO.C7H15NO.C7H16O.C4H10O/c1-10(2)12-6-4-11(5-7-12)8-9-13-3;2*1-10-8-7-9-5-3-2-4-6-9;1-9-7-6-8-4-2-3-5-8;1-7(2)5-4-6-8-3;1-3-4-5-2/h10H,4-9H2,1-3H3;2*2-8H2,1H3;2-7H2,1H3;7H,4-6H2,1-3H3;3-4H2,1-2H3. The maximum atomic E-state index is 5.06. The Kier molecular flexibility index (Phi) is 46.0. The Morgan fingerprint density at radius 1 is 0.382 bits per heavy atom. The number of hydrogen-bond donors (Lipinski definition) is 0. The molecule has 0 N–H and O–H groups in total. The van der Waals surface area contributed by atoms with E-state index in [2.05, 4.69) is 59.1 Å². The number of rotatable bonds is 19. The highest BCUT2D eigenvalue weighted by Crippen LogP contribution is 2.09. The Balaban J connectivity index is 0. The van der Waals surface area contributed by atoms with Gasteiger partial charge in [-0.05, 0) is 117 Å². The monoisotopic (exact) mass is 792 g/mol. The van der Waals surface area contributed by atoms with Gasteiger partial charge in [-0.2, -0.15) is 0 Å². The number of piperazine rings is 1. The van der Waals surface area contributed by atoms with Gasteiger partial charge in [0.2, 0.25) is 0 Å². The van der Waals surface area contributed by atoms with Crippen LogP contribution in [-0.4, -0.2) is 204 Å². The van der Waals surface area contributed by atoms with E-state index >= 15 is 0 Å². The summed E-state index contributed by atoms with van der Waals surface area (Å²) >= 11 is 0. The van der Waals surface area contributed by atoms with Crippen LogP contribution in [-0.2, 0) is 28.4 Å². The summed E-state index contributed by atoms with van der Waals surface area (Å²) in [5.41, 5.74) is 0. The molecule has 4 fully saturated rings. The molecule has 334 valence electrons. The molecule has 4 rings (SSSR count). The number of hydrogen-bond acceptors (Lipinski definition) is 11. The van der Waals surface area contributed by atoms with Crippen LogP contribution in [0.1, 0.15) is 105 Å². The first-order valence-corrected chi connectivity index (χ1v) is 22.3. The molecule has 0 amide bonds. The van der Waals surface area contributed by atoms with Crippen molar-refractivity contribution in [3.63, 3.8) is 0 Å². The molecule has 0 unspecified atom stereocenters. The van der Waals surface area contributed by atoms with E-state index in [9.17, 15) is 0 Å². The van der Waals surface area contributed by atoms with E-state index in [1.54, 1.807) is 42.7 Å². The molecule has 0 aromatic rings. The third kappa shape index (κ3) is 40.1. The fourth-order valence-electron chi connectivity index (χ4n) is 6.60. The zero-order valence-electron chi connectivity index (χ0n) is 38.8. The summed E-state index contributed by atoms with van der Waals surface area (Å²) < 4.78 is 29.6. The summed E-state index contributed by atoms with van der Waals surface area (Å²) in [6, 6.07) is 0.699. The van der Waals surface area contributed by atoms with Gasteiger partial charge in [0.1, 0.15) is 0 Å². The topological polar surface area (TPSA) is 71.6 Å². The quantitative estimate of drug-likeness (QED) is 0.131. The van der Waals surface area contributed by atoms with Crippen LogP contribution < -0.4 is 0 Å². The van der Waals surface area contributed by atoms with E-state index in [1.807, 2.05) is 0 Å². The molecule has 0 aliphatic carbocycles. The lowest BCUT2D eigenvalue weighted by atomic mass is 10.1. The van der Waals surface area contributed by atoms with Crippen LogP contribution in [0.3, 0.4) is 0 Å². The lowest BCUT2D eigenvalue weighted by Crippen LogP contribution is -2.49. The second kappa shape index (κ2) is 44.7. The first kappa shape index (κ1) is 56.7. The fourth-order valence-corrected chi connectivity index (χ4v) is 6.60. The fraction of sp³-hybridized carbons (Fsp3) is 1.00. The van der Waals surface area contributed by atoms with Crippen molar-refractivity contribution in [3.05, 3.63) is 0 Å². The maximum Gasteiger partial charge on any atom is 0.0589 e. The third-order valence-electron chi connectivity index (χ3n) is 10.2. The average molecular weight is 792 g/mol. The van der Waals surface area contributed by atoms with Crippen molar-refractivity contribution < 1.29 is 28.4 Å². The highest BCUT2D eigenvalue weighted by atomic mass is 16.5. The highest BCUT2D eigenvalue weighted by molar-refractivity contribution is 4.74. The summed E-state index contributed by atoms with van der Waals surface area (Å²) in [5.74, 6) is 0.824. The molecular weight excluding hydrogens is 695 g/mol. The van der Waals surface area contributed by atoms with Gasteiger partial charge in [-0.15, -0.1) is 0 Å². The van der Waals surface area contributed by atoms with E-state index in [-0.39, 0.29) is 0 Å². The van der Waals surface area contributed by atoms with Gasteiger partial charge in [-0.3, -0.25) is 9.80 Å². The minimum atomic E-state index is 0.699. The van der Waals surface area contributed by atoms with Crippen LogP contribution in [0.2, 0.25) is 0 Å². The van der Waals surface area contributed by atoms with E-state index < -0.39 is 0 Å². The Hall–Kier alpha value is -0.440. The zero-order valence-corrected chi connectivity index (χ0v) is 38.8. The van der Waals surface area contributed by atoms with Crippen LogP contribution in [0, 0.1) is 5.92 Å². The van der Waals surface area contributed by atoms with Gasteiger partial charge in [-0.25, -0.2) is 0 Å². The van der Waals surface area contributed by atoms with E-state index in [4.69, 9.17) is 28.4 Å². The highest BCUT2D eigenvalue weighted by Gasteiger charge is 2.18. The van der Waals surface area contributed by atoms with E-state index in [0.717, 1.165) is 78.2 Å². The Bertz CT molecular complexity index is 676. The van der Waals surface area contributed by atoms with Gasteiger partial charge in [0.25, 0.3) is 0 Å². The molecule has 11 nitrogen and oxygen atoms in total. The summed E-state index contributed by atoms with van der Waals surface area (Å²) in [4.78, 5) is 12.4. The molecular formula is C44H97N5O6. The van der Waals surface area contributed by atoms with Crippen molar-refractivity contribution in [2.45, 2.75) is 111 Å². The molecule has 4 saturated heterocycles. The van der Waals surface area contributed by atoms with E-state index in [1.165, 1.54) is 130 Å². The third-order valence-corrected chi connectivity index (χ3v) is 10.2. The first-order valence-electron chi connectivity index (χ1n) is 22.3. The second-order valence-corrected chi connectivity index (χ2v) is 15.8. The molecule has 11 heteroatoms. The van der Waals surface area contributed by atoms with Crippen LogP contribution in [0.25, 0.3) is 0 Å². The van der Waals surface area contributed by atoms with E-state index in [0.29, 0.717) is 6.04 Å². The van der Waals surface area contributed by atoms with Crippen LogP contribution in [0.15, 0.2) is 0 Å². The van der Waals surface area contributed by atoms with Crippen molar-refractivity contribution in [2.75, 3.05) is 174 Å². The van der Waals surface area contributed by atoms with Crippen LogP contribution in [0.5, 0.6) is 0 Å². The Labute approximate surface area is 343 Å². The van der Waals surface area contributed by atoms with Crippen molar-refractivity contribution in [3.8, 4) is 0 Å². The molecule has 0 radical (unpaired) electrons. The average Bonchev–Trinajstić information content (AvgIpc) is 3.74. The Morgan fingerprint density at radius 3 is 0.945 bits per heavy atom. The number of methoxy groups -OCH3 is 6. The molecule has 0 atom stereocenters. The normalized spacial score (nSPS) is 18.5. The van der Waals surface area contributed by atoms with Gasteiger partial charge in [-0.1, -0.05) is 33.6 Å².